The van der Waals surface area contributed by atoms with Crippen molar-refractivity contribution < 1.29 is 14.1 Å². The largest absolute Gasteiger partial charge is 0.330 e. The van der Waals surface area contributed by atoms with Gasteiger partial charge in [-0.1, -0.05) is 36.4 Å². The van der Waals surface area contributed by atoms with Crippen molar-refractivity contribution in [2.45, 2.75) is 0 Å². The number of benzene rings is 3. The Labute approximate surface area is 148 Å². The lowest BCUT2D eigenvalue weighted by molar-refractivity contribution is -0.387. The minimum absolute atomic E-state index is 0.125. The fraction of sp³-hybridized carbons (Fsp3) is 0. The number of amides is 2. The highest BCUT2D eigenvalue weighted by Crippen LogP contribution is 2.27. The number of nitrogens with zero attached hydrogens (tertiary/aromatic N) is 2. The number of nitro benzene ring substituents is 1. The summed E-state index contributed by atoms with van der Waals surface area (Å²) in [5.41, 5.74) is 0.661. The van der Waals surface area contributed by atoms with Crippen LogP contribution in [0.3, 0.4) is 0 Å². The van der Waals surface area contributed by atoms with E-state index in [4.69, 9.17) is 0 Å². The first-order chi connectivity index (χ1) is 12.6. The number of nitro groups is 1. The molecule has 0 aliphatic heterocycles. The van der Waals surface area contributed by atoms with Gasteiger partial charge in [0.1, 0.15) is 0 Å². The number of urea groups is 1. The molecular formula is C19H14FN3O3. The van der Waals surface area contributed by atoms with E-state index in [-0.39, 0.29) is 5.69 Å². The van der Waals surface area contributed by atoms with Gasteiger partial charge >= 0.3 is 11.7 Å². The predicted molar refractivity (Wildman–Crippen MR) is 97.1 cm³/mol. The third-order valence-electron chi connectivity index (χ3n) is 3.63. The van der Waals surface area contributed by atoms with Crippen molar-refractivity contribution in [1.29, 1.82) is 0 Å². The van der Waals surface area contributed by atoms with Crippen molar-refractivity contribution >= 4 is 28.8 Å². The molecule has 0 aliphatic rings. The first-order valence-electron chi connectivity index (χ1n) is 7.71. The second-order valence-electron chi connectivity index (χ2n) is 5.36. The van der Waals surface area contributed by atoms with E-state index in [1.807, 2.05) is 12.1 Å². The van der Waals surface area contributed by atoms with Crippen molar-refractivity contribution in [2.75, 3.05) is 10.2 Å². The van der Waals surface area contributed by atoms with Crippen molar-refractivity contribution in [1.82, 2.24) is 0 Å². The smallest absolute Gasteiger partial charge is 0.307 e. The van der Waals surface area contributed by atoms with Gasteiger partial charge in [0.15, 0.2) is 0 Å². The molecule has 1 N–H and O–H groups in total. The zero-order valence-corrected chi connectivity index (χ0v) is 13.5. The van der Waals surface area contributed by atoms with E-state index in [9.17, 15) is 19.3 Å². The highest BCUT2D eigenvalue weighted by atomic mass is 19.1. The van der Waals surface area contributed by atoms with E-state index in [1.54, 1.807) is 48.5 Å². The Bertz CT molecular complexity index is 894. The molecule has 0 aromatic heterocycles. The standard InChI is InChI=1S/C19H14FN3O3/c20-17-12-11-14(13-18(17)23(25)26)21-19(24)22(15-7-3-1-4-8-15)16-9-5-2-6-10-16/h1-13H,(H,21,24). The Balaban J connectivity index is 1.94. The summed E-state index contributed by atoms with van der Waals surface area (Å²) in [4.78, 5) is 24.3. The second-order valence-corrected chi connectivity index (χ2v) is 5.36. The van der Waals surface area contributed by atoms with E-state index < -0.39 is 22.5 Å². The molecule has 130 valence electrons. The maximum Gasteiger partial charge on any atom is 0.330 e. The number of nitrogens with one attached hydrogen (secondary N) is 1. The van der Waals surface area contributed by atoms with Crippen molar-refractivity contribution in [2.24, 2.45) is 0 Å². The summed E-state index contributed by atoms with van der Waals surface area (Å²) in [6.45, 7) is 0. The van der Waals surface area contributed by atoms with Crippen molar-refractivity contribution in [3.63, 3.8) is 0 Å². The molecule has 0 atom stereocenters. The maximum absolute atomic E-state index is 13.5. The van der Waals surface area contributed by atoms with Gasteiger partial charge in [0, 0.05) is 11.8 Å². The summed E-state index contributed by atoms with van der Waals surface area (Å²) in [5.74, 6) is -0.962. The van der Waals surface area contributed by atoms with Gasteiger partial charge < -0.3 is 5.32 Å². The molecule has 0 bridgehead atoms. The number of halogens is 1. The molecular weight excluding hydrogens is 337 g/mol. The minimum Gasteiger partial charge on any atom is -0.307 e. The van der Waals surface area contributed by atoms with E-state index in [2.05, 4.69) is 5.32 Å². The van der Waals surface area contributed by atoms with Crippen molar-refractivity contribution in [3.05, 3.63) is 94.8 Å². The van der Waals surface area contributed by atoms with Crippen LogP contribution in [-0.2, 0) is 0 Å². The van der Waals surface area contributed by atoms with Crippen LogP contribution in [0.25, 0.3) is 0 Å². The minimum atomic E-state index is -0.962. The van der Waals surface area contributed by atoms with Crippen LogP contribution in [-0.4, -0.2) is 11.0 Å². The van der Waals surface area contributed by atoms with Gasteiger partial charge in [0.25, 0.3) is 0 Å². The lowest BCUT2D eigenvalue weighted by Crippen LogP contribution is -2.30. The number of carbonyl (C=O) groups excluding carboxylic acids is 1. The van der Waals surface area contributed by atoms with Gasteiger partial charge in [-0.05, 0) is 36.4 Å². The summed E-state index contributed by atoms with van der Waals surface area (Å²) in [6.07, 6.45) is 0. The SMILES string of the molecule is O=C(Nc1ccc(F)c([N+](=O)[O-])c1)N(c1ccccc1)c1ccccc1. The Morgan fingerprint density at radius 1 is 0.923 bits per heavy atom. The fourth-order valence-electron chi connectivity index (χ4n) is 2.45. The summed E-state index contributed by atoms with van der Waals surface area (Å²) >= 11 is 0. The molecule has 26 heavy (non-hydrogen) atoms. The van der Waals surface area contributed by atoms with Crippen LogP contribution in [0.4, 0.5) is 31.9 Å². The number of rotatable bonds is 4. The van der Waals surface area contributed by atoms with Gasteiger partial charge in [-0.15, -0.1) is 0 Å². The third kappa shape index (κ3) is 3.67. The quantitative estimate of drug-likeness (QED) is 0.524. The van der Waals surface area contributed by atoms with Crippen LogP contribution in [0.2, 0.25) is 0 Å². The summed E-state index contributed by atoms with van der Waals surface area (Å²) in [7, 11) is 0. The molecule has 6 nitrogen and oxygen atoms in total. The van der Waals surface area contributed by atoms with Crippen LogP contribution in [0.5, 0.6) is 0 Å². The molecule has 3 aromatic rings. The number of hydrogen-bond donors (Lipinski definition) is 1. The highest BCUT2D eigenvalue weighted by molar-refractivity contribution is 6.07. The normalized spacial score (nSPS) is 10.2. The van der Waals surface area contributed by atoms with Crippen LogP contribution < -0.4 is 10.2 Å². The second kappa shape index (κ2) is 7.43. The van der Waals surface area contributed by atoms with Crippen LogP contribution >= 0.6 is 0 Å². The molecule has 0 fully saturated rings. The molecule has 2 amide bonds. The zero-order valence-electron chi connectivity index (χ0n) is 13.5. The monoisotopic (exact) mass is 351 g/mol. The fourth-order valence-corrected chi connectivity index (χ4v) is 2.45. The average Bonchev–Trinajstić information content (AvgIpc) is 2.65. The van der Waals surface area contributed by atoms with Gasteiger partial charge in [-0.2, -0.15) is 4.39 Å². The lowest BCUT2D eigenvalue weighted by Gasteiger charge is -2.23. The topological polar surface area (TPSA) is 75.5 Å². The average molecular weight is 351 g/mol. The molecule has 7 heteroatoms. The maximum atomic E-state index is 13.5. The zero-order chi connectivity index (χ0) is 18.5. The Morgan fingerprint density at radius 2 is 1.46 bits per heavy atom. The summed E-state index contributed by atoms with van der Waals surface area (Å²) < 4.78 is 13.5. The molecule has 0 unspecified atom stereocenters. The molecule has 0 radical (unpaired) electrons. The van der Waals surface area contributed by atoms with Gasteiger partial charge in [-0.3, -0.25) is 15.0 Å². The van der Waals surface area contributed by atoms with E-state index >= 15 is 0 Å². The molecule has 0 aliphatic carbocycles. The first-order valence-corrected chi connectivity index (χ1v) is 7.71. The Morgan fingerprint density at radius 3 is 1.96 bits per heavy atom. The first kappa shape index (κ1) is 17.1. The summed E-state index contributed by atoms with van der Waals surface area (Å²) in [6, 6.07) is 20.6. The number of anilines is 3. The van der Waals surface area contributed by atoms with Crippen LogP contribution in [0.15, 0.2) is 78.9 Å². The van der Waals surface area contributed by atoms with Crippen LogP contribution in [0, 0.1) is 15.9 Å². The van der Waals surface area contributed by atoms with E-state index in [0.29, 0.717) is 11.4 Å². The van der Waals surface area contributed by atoms with Gasteiger partial charge in [0.05, 0.1) is 16.3 Å². The molecule has 0 saturated carbocycles. The molecule has 3 rings (SSSR count). The summed E-state index contributed by atoms with van der Waals surface area (Å²) in [5, 5.41) is 13.5. The highest BCUT2D eigenvalue weighted by Gasteiger charge is 2.20. The van der Waals surface area contributed by atoms with Gasteiger partial charge in [0.2, 0.25) is 5.82 Å². The molecule has 0 spiro atoms. The van der Waals surface area contributed by atoms with Crippen LogP contribution in [0.1, 0.15) is 0 Å². The van der Waals surface area contributed by atoms with Gasteiger partial charge in [-0.25, -0.2) is 4.79 Å². The number of hydrogen-bond acceptors (Lipinski definition) is 3. The Hall–Kier alpha value is -3.74. The molecule has 3 aromatic carbocycles. The third-order valence-corrected chi connectivity index (χ3v) is 3.63. The predicted octanol–water partition coefficient (Wildman–Crippen LogP) is 5.10. The van der Waals surface area contributed by atoms with E-state index in [0.717, 1.165) is 12.1 Å². The lowest BCUT2D eigenvalue weighted by atomic mass is 10.2. The van der Waals surface area contributed by atoms with Crippen molar-refractivity contribution in [3.8, 4) is 0 Å². The molecule has 0 saturated heterocycles. The molecule has 0 heterocycles. The Kier molecular flexibility index (Phi) is 4.89. The number of para-hydroxylation sites is 2. The van der Waals surface area contributed by atoms with E-state index in [1.165, 1.54) is 11.0 Å². The number of carbonyl (C=O) groups is 1.